The maximum absolute atomic E-state index is 2.44. The summed E-state index contributed by atoms with van der Waals surface area (Å²) in [6.07, 6.45) is 5.85. The van der Waals surface area contributed by atoms with Crippen LogP contribution in [0.1, 0.15) is 53.4 Å². The Bertz CT molecular complexity index is 114. The highest BCUT2D eigenvalue weighted by atomic mass is 14.5. The lowest BCUT2D eigenvalue weighted by molar-refractivity contribution is 0.0278. The van der Waals surface area contributed by atoms with Crippen molar-refractivity contribution in [2.24, 2.45) is 17.3 Å². The van der Waals surface area contributed by atoms with Gasteiger partial charge in [0.25, 0.3) is 0 Å². The Morgan fingerprint density at radius 2 is 1.73 bits per heavy atom. The Morgan fingerprint density at radius 3 is 1.82 bits per heavy atom. The highest BCUT2D eigenvalue weighted by molar-refractivity contribution is 4.91. The van der Waals surface area contributed by atoms with Gasteiger partial charge in [-0.3, -0.25) is 0 Å². The Kier molecular flexibility index (Phi) is 2.61. The van der Waals surface area contributed by atoms with Crippen LogP contribution < -0.4 is 0 Å². The summed E-state index contributed by atoms with van der Waals surface area (Å²) < 4.78 is 0. The van der Waals surface area contributed by atoms with Crippen LogP contribution in [0.15, 0.2) is 0 Å². The molecule has 0 saturated heterocycles. The van der Waals surface area contributed by atoms with E-state index in [9.17, 15) is 0 Å². The predicted octanol–water partition coefficient (Wildman–Crippen LogP) is 3.86. The second kappa shape index (κ2) is 3.16. The van der Waals surface area contributed by atoms with E-state index in [0.29, 0.717) is 0 Å². The van der Waals surface area contributed by atoms with Crippen LogP contribution in [0.2, 0.25) is 0 Å². The van der Waals surface area contributed by atoms with Gasteiger partial charge in [-0.1, -0.05) is 40.5 Å². The zero-order chi connectivity index (χ0) is 8.48. The second-order valence-electron chi connectivity index (χ2n) is 4.60. The van der Waals surface area contributed by atoms with Gasteiger partial charge in [0, 0.05) is 0 Å². The molecule has 66 valence electrons. The van der Waals surface area contributed by atoms with Crippen molar-refractivity contribution in [1.82, 2.24) is 0 Å². The standard InChI is InChI=1S/C11H22/c1-5-11(7-6-8-11)10(4)9(2)3/h9-10H,5-8H2,1-4H3. The Balaban J connectivity index is 2.54. The van der Waals surface area contributed by atoms with Gasteiger partial charge in [0.15, 0.2) is 0 Å². The van der Waals surface area contributed by atoms with E-state index < -0.39 is 0 Å². The zero-order valence-corrected chi connectivity index (χ0v) is 8.48. The number of rotatable bonds is 3. The SMILES string of the molecule is CCC1(C(C)C(C)C)CCC1. The minimum Gasteiger partial charge on any atom is -0.0648 e. The van der Waals surface area contributed by atoms with Crippen molar-refractivity contribution in [2.45, 2.75) is 53.4 Å². The van der Waals surface area contributed by atoms with Crippen molar-refractivity contribution in [3.8, 4) is 0 Å². The molecule has 0 heteroatoms. The largest absolute Gasteiger partial charge is 0.0648 e. The monoisotopic (exact) mass is 154 g/mol. The van der Waals surface area contributed by atoms with Crippen LogP contribution in [0.4, 0.5) is 0 Å². The molecule has 0 aromatic rings. The van der Waals surface area contributed by atoms with Crippen LogP contribution in [-0.2, 0) is 0 Å². The minimum absolute atomic E-state index is 0.744. The fourth-order valence-corrected chi connectivity index (χ4v) is 2.47. The molecule has 0 aliphatic heterocycles. The van der Waals surface area contributed by atoms with E-state index in [1.807, 2.05) is 0 Å². The lowest BCUT2D eigenvalue weighted by Crippen LogP contribution is -2.37. The van der Waals surface area contributed by atoms with Gasteiger partial charge < -0.3 is 0 Å². The van der Waals surface area contributed by atoms with Crippen LogP contribution in [0.25, 0.3) is 0 Å². The molecule has 1 fully saturated rings. The van der Waals surface area contributed by atoms with E-state index in [2.05, 4.69) is 27.7 Å². The van der Waals surface area contributed by atoms with Crippen molar-refractivity contribution < 1.29 is 0 Å². The van der Waals surface area contributed by atoms with E-state index >= 15 is 0 Å². The lowest BCUT2D eigenvalue weighted by Gasteiger charge is -2.48. The molecule has 0 heterocycles. The normalized spacial score (nSPS) is 24.8. The fraction of sp³-hybridized carbons (Fsp3) is 1.00. The van der Waals surface area contributed by atoms with E-state index in [-0.39, 0.29) is 0 Å². The van der Waals surface area contributed by atoms with Crippen molar-refractivity contribution in [2.75, 3.05) is 0 Å². The molecule has 1 aliphatic carbocycles. The van der Waals surface area contributed by atoms with Crippen LogP contribution in [0.5, 0.6) is 0 Å². The number of hydrogen-bond acceptors (Lipinski definition) is 0. The topological polar surface area (TPSA) is 0 Å². The van der Waals surface area contributed by atoms with Gasteiger partial charge in [-0.2, -0.15) is 0 Å². The summed E-state index contributed by atoms with van der Waals surface area (Å²) in [7, 11) is 0. The maximum Gasteiger partial charge on any atom is -0.0272 e. The smallest absolute Gasteiger partial charge is 0.0272 e. The summed E-state index contributed by atoms with van der Waals surface area (Å²) in [5.74, 6) is 1.80. The van der Waals surface area contributed by atoms with E-state index in [1.165, 1.54) is 25.7 Å². The third-order valence-electron chi connectivity index (χ3n) is 4.02. The summed E-state index contributed by atoms with van der Waals surface area (Å²) >= 11 is 0. The molecule has 1 aliphatic rings. The predicted molar refractivity (Wildman–Crippen MR) is 50.6 cm³/mol. The van der Waals surface area contributed by atoms with Crippen LogP contribution in [0, 0.1) is 17.3 Å². The molecule has 1 rings (SSSR count). The van der Waals surface area contributed by atoms with Gasteiger partial charge in [-0.25, -0.2) is 0 Å². The van der Waals surface area contributed by atoms with Crippen molar-refractivity contribution in [3.05, 3.63) is 0 Å². The summed E-state index contributed by atoms with van der Waals surface area (Å²) in [5.41, 5.74) is 0.744. The van der Waals surface area contributed by atoms with E-state index in [4.69, 9.17) is 0 Å². The van der Waals surface area contributed by atoms with E-state index in [1.54, 1.807) is 0 Å². The Hall–Kier alpha value is 0. The third kappa shape index (κ3) is 1.45. The average Bonchev–Trinajstić information content (AvgIpc) is 1.86. The Morgan fingerprint density at radius 1 is 1.18 bits per heavy atom. The molecule has 1 saturated carbocycles. The second-order valence-corrected chi connectivity index (χ2v) is 4.60. The van der Waals surface area contributed by atoms with Gasteiger partial charge in [0.05, 0.1) is 0 Å². The van der Waals surface area contributed by atoms with Gasteiger partial charge >= 0.3 is 0 Å². The maximum atomic E-state index is 2.44. The molecule has 0 N–H and O–H groups in total. The van der Waals surface area contributed by atoms with Crippen LogP contribution >= 0.6 is 0 Å². The highest BCUT2D eigenvalue weighted by Gasteiger charge is 2.40. The summed E-state index contributed by atoms with van der Waals surface area (Å²) in [4.78, 5) is 0. The number of hydrogen-bond donors (Lipinski definition) is 0. The molecule has 11 heavy (non-hydrogen) atoms. The van der Waals surface area contributed by atoms with Crippen LogP contribution in [-0.4, -0.2) is 0 Å². The van der Waals surface area contributed by atoms with Crippen molar-refractivity contribution >= 4 is 0 Å². The highest BCUT2D eigenvalue weighted by Crippen LogP contribution is 2.51. The third-order valence-corrected chi connectivity index (χ3v) is 4.02. The molecule has 0 spiro atoms. The first-order chi connectivity index (χ1) is 5.12. The summed E-state index contributed by atoms with van der Waals surface area (Å²) in [5, 5.41) is 0. The Labute approximate surface area is 71.4 Å². The summed E-state index contributed by atoms with van der Waals surface area (Å²) in [6.45, 7) is 9.52. The molecule has 0 nitrogen and oxygen atoms in total. The first-order valence-corrected chi connectivity index (χ1v) is 5.12. The lowest BCUT2D eigenvalue weighted by atomic mass is 9.57. The first kappa shape index (κ1) is 9.09. The molecule has 1 unspecified atom stereocenters. The van der Waals surface area contributed by atoms with Crippen molar-refractivity contribution in [3.63, 3.8) is 0 Å². The summed E-state index contributed by atoms with van der Waals surface area (Å²) in [6, 6.07) is 0. The van der Waals surface area contributed by atoms with Crippen molar-refractivity contribution in [1.29, 1.82) is 0 Å². The molecule has 0 aromatic carbocycles. The fourth-order valence-electron chi connectivity index (χ4n) is 2.47. The molecule has 0 aromatic heterocycles. The van der Waals surface area contributed by atoms with Gasteiger partial charge in [0.2, 0.25) is 0 Å². The van der Waals surface area contributed by atoms with Gasteiger partial charge in [-0.05, 0) is 30.1 Å². The zero-order valence-electron chi connectivity index (χ0n) is 8.48. The van der Waals surface area contributed by atoms with Gasteiger partial charge in [0.1, 0.15) is 0 Å². The molecule has 0 amide bonds. The molecule has 1 atom stereocenters. The van der Waals surface area contributed by atoms with E-state index in [0.717, 1.165) is 17.3 Å². The molecule has 0 bridgehead atoms. The molecule has 0 radical (unpaired) electrons. The minimum atomic E-state index is 0.744. The quantitative estimate of drug-likeness (QED) is 0.579. The average molecular weight is 154 g/mol. The van der Waals surface area contributed by atoms with Gasteiger partial charge in [-0.15, -0.1) is 0 Å². The molecular formula is C11H22. The van der Waals surface area contributed by atoms with Crippen LogP contribution in [0.3, 0.4) is 0 Å². The first-order valence-electron chi connectivity index (χ1n) is 5.12. The molecular weight excluding hydrogens is 132 g/mol.